The van der Waals surface area contributed by atoms with E-state index in [4.69, 9.17) is 10.8 Å². The fourth-order valence-corrected chi connectivity index (χ4v) is 0.643. The van der Waals surface area contributed by atoms with Gasteiger partial charge in [-0.15, -0.1) is 0 Å². The van der Waals surface area contributed by atoms with Crippen LogP contribution in [-0.4, -0.2) is 29.7 Å². The summed E-state index contributed by atoms with van der Waals surface area (Å²) < 4.78 is 0. The highest BCUT2D eigenvalue weighted by atomic mass is 16.4. The summed E-state index contributed by atoms with van der Waals surface area (Å²) in [7, 11) is 0. The predicted molar refractivity (Wildman–Crippen MR) is 38.7 cm³/mol. The summed E-state index contributed by atoms with van der Waals surface area (Å²) in [5.74, 6) is -0.892. The van der Waals surface area contributed by atoms with Gasteiger partial charge in [0.2, 0.25) is 0 Å². The molecule has 4 heteroatoms. The summed E-state index contributed by atoms with van der Waals surface area (Å²) in [5.41, 5.74) is 5.18. The Kier molecular flexibility index (Phi) is 3.99. The van der Waals surface area contributed by atoms with E-state index in [1.165, 1.54) is 0 Å². The molecular formula is C6H14N2O2. The molecule has 0 heterocycles. The Morgan fingerprint density at radius 2 is 2.20 bits per heavy atom. The van der Waals surface area contributed by atoms with Gasteiger partial charge < -0.3 is 16.2 Å². The lowest BCUT2D eigenvalue weighted by Crippen LogP contribution is -2.45. The van der Waals surface area contributed by atoms with E-state index >= 15 is 0 Å². The number of hydrogen-bond acceptors (Lipinski definition) is 3. The lowest BCUT2D eigenvalue weighted by Gasteiger charge is -2.14. The molecule has 0 amide bonds. The van der Waals surface area contributed by atoms with Crippen LogP contribution in [-0.2, 0) is 4.79 Å². The van der Waals surface area contributed by atoms with E-state index in [1.807, 2.05) is 13.8 Å². The van der Waals surface area contributed by atoms with E-state index in [1.54, 1.807) is 0 Å². The predicted octanol–water partition coefficient (Wildman–Crippen LogP) is -0.604. The molecule has 10 heavy (non-hydrogen) atoms. The lowest BCUT2D eigenvalue weighted by atomic mass is 10.2. The second-order valence-corrected chi connectivity index (χ2v) is 2.45. The third kappa shape index (κ3) is 3.42. The number of rotatable bonds is 4. The van der Waals surface area contributed by atoms with Crippen LogP contribution in [0.25, 0.3) is 0 Å². The molecule has 0 fully saturated rings. The van der Waals surface area contributed by atoms with Crippen molar-refractivity contribution >= 4 is 5.97 Å². The number of nitrogens with one attached hydrogen (secondary N) is 1. The van der Waals surface area contributed by atoms with Gasteiger partial charge in [-0.2, -0.15) is 0 Å². The first-order valence-electron chi connectivity index (χ1n) is 3.26. The van der Waals surface area contributed by atoms with Crippen molar-refractivity contribution in [3.63, 3.8) is 0 Å². The minimum absolute atomic E-state index is 0.132. The first-order chi connectivity index (χ1) is 4.57. The Hall–Kier alpha value is -0.610. The summed E-state index contributed by atoms with van der Waals surface area (Å²) in [4.78, 5) is 10.3. The van der Waals surface area contributed by atoms with Gasteiger partial charge in [0.1, 0.15) is 6.04 Å². The normalized spacial score (nSPS) is 13.6. The number of carboxylic acid groups (broad SMARTS) is 1. The molecule has 0 bridgehead atoms. The molecule has 0 aliphatic rings. The van der Waals surface area contributed by atoms with Crippen molar-refractivity contribution < 1.29 is 9.90 Å². The van der Waals surface area contributed by atoms with Crippen LogP contribution in [0.1, 0.15) is 13.8 Å². The van der Waals surface area contributed by atoms with Gasteiger partial charge in [-0.05, 0) is 0 Å². The van der Waals surface area contributed by atoms with Gasteiger partial charge in [0.15, 0.2) is 0 Å². The number of nitrogens with two attached hydrogens (primary N) is 1. The molecule has 0 unspecified atom stereocenters. The zero-order valence-electron chi connectivity index (χ0n) is 6.29. The van der Waals surface area contributed by atoms with E-state index in [0.717, 1.165) is 0 Å². The van der Waals surface area contributed by atoms with Gasteiger partial charge in [-0.3, -0.25) is 4.79 Å². The first kappa shape index (κ1) is 9.39. The van der Waals surface area contributed by atoms with Crippen LogP contribution in [0.15, 0.2) is 0 Å². The maximum atomic E-state index is 10.3. The smallest absolute Gasteiger partial charge is 0.322 e. The summed E-state index contributed by atoms with van der Waals surface area (Å²) in [6.45, 7) is 3.89. The highest BCUT2D eigenvalue weighted by Gasteiger charge is 2.14. The zero-order valence-corrected chi connectivity index (χ0v) is 6.29. The molecule has 4 N–H and O–H groups in total. The number of aliphatic carboxylic acids is 1. The Balaban J connectivity index is 3.72. The average molecular weight is 146 g/mol. The molecule has 0 radical (unpaired) electrons. The maximum Gasteiger partial charge on any atom is 0.322 e. The Morgan fingerprint density at radius 1 is 1.70 bits per heavy atom. The van der Waals surface area contributed by atoms with Crippen LogP contribution >= 0.6 is 0 Å². The van der Waals surface area contributed by atoms with E-state index in [-0.39, 0.29) is 12.6 Å². The van der Waals surface area contributed by atoms with E-state index in [9.17, 15) is 4.79 Å². The van der Waals surface area contributed by atoms with E-state index in [2.05, 4.69) is 5.32 Å². The van der Waals surface area contributed by atoms with Gasteiger partial charge in [0, 0.05) is 12.6 Å². The molecule has 0 rings (SSSR count). The Bertz CT molecular complexity index is 114. The highest BCUT2D eigenvalue weighted by molar-refractivity contribution is 5.73. The summed E-state index contributed by atoms with van der Waals surface area (Å²) >= 11 is 0. The zero-order chi connectivity index (χ0) is 8.15. The van der Waals surface area contributed by atoms with Gasteiger partial charge in [0.05, 0.1) is 0 Å². The molecule has 60 valence electrons. The van der Waals surface area contributed by atoms with Crippen LogP contribution in [0, 0.1) is 0 Å². The second kappa shape index (κ2) is 4.24. The van der Waals surface area contributed by atoms with Gasteiger partial charge >= 0.3 is 5.97 Å². The Morgan fingerprint density at radius 3 is 2.30 bits per heavy atom. The molecular weight excluding hydrogens is 132 g/mol. The maximum absolute atomic E-state index is 10.3. The summed E-state index contributed by atoms with van der Waals surface area (Å²) in [6.07, 6.45) is 0. The minimum Gasteiger partial charge on any atom is -0.480 e. The fraction of sp³-hybridized carbons (Fsp3) is 0.833. The molecule has 0 saturated heterocycles. The van der Waals surface area contributed by atoms with Crippen LogP contribution in [0.5, 0.6) is 0 Å². The molecule has 1 atom stereocenters. The van der Waals surface area contributed by atoms with Gasteiger partial charge in [-0.1, -0.05) is 13.8 Å². The summed E-state index contributed by atoms with van der Waals surface area (Å²) in [6, 6.07) is -0.454. The number of hydrogen-bond donors (Lipinski definition) is 3. The minimum atomic E-state index is -0.892. The standard InChI is InChI=1S/C6H14N2O2/c1-4(2)8-5(3-7)6(9)10/h4-5,8H,3,7H2,1-2H3,(H,9,10)/t5-/m0/s1. The van der Waals surface area contributed by atoms with Crippen LogP contribution < -0.4 is 11.1 Å². The molecule has 0 aromatic heterocycles. The van der Waals surface area contributed by atoms with Crippen molar-refractivity contribution in [1.82, 2.24) is 5.32 Å². The van der Waals surface area contributed by atoms with Crippen LogP contribution in [0.3, 0.4) is 0 Å². The summed E-state index contributed by atoms with van der Waals surface area (Å²) in [5, 5.41) is 11.3. The Labute approximate surface area is 60.4 Å². The molecule has 0 aromatic carbocycles. The third-order valence-corrected chi connectivity index (χ3v) is 1.07. The monoisotopic (exact) mass is 146 g/mol. The average Bonchev–Trinajstić information content (AvgIpc) is 1.81. The van der Waals surface area contributed by atoms with Crippen molar-refractivity contribution in [2.75, 3.05) is 6.54 Å². The van der Waals surface area contributed by atoms with Gasteiger partial charge in [-0.25, -0.2) is 0 Å². The topological polar surface area (TPSA) is 75.3 Å². The molecule has 0 aliphatic carbocycles. The molecule has 0 aliphatic heterocycles. The number of carbonyl (C=O) groups is 1. The first-order valence-corrected chi connectivity index (χ1v) is 3.26. The molecule has 4 nitrogen and oxygen atoms in total. The SMILES string of the molecule is CC(C)N[C@@H](CN)C(=O)O. The lowest BCUT2D eigenvalue weighted by molar-refractivity contribution is -0.139. The van der Waals surface area contributed by atoms with Crippen molar-refractivity contribution in [3.8, 4) is 0 Å². The second-order valence-electron chi connectivity index (χ2n) is 2.45. The third-order valence-electron chi connectivity index (χ3n) is 1.07. The molecule has 0 saturated carbocycles. The molecule has 0 aromatic rings. The van der Waals surface area contributed by atoms with Crippen molar-refractivity contribution in [2.24, 2.45) is 5.73 Å². The molecule has 0 spiro atoms. The fourth-order valence-electron chi connectivity index (χ4n) is 0.643. The van der Waals surface area contributed by atoms with Crippen LogP contribution in [0.4, 0.5) is 0 Å². The van der Waals surface area contributed by atoms with Crippen molar-refractivity contribution in [2.45, 2.75) is 25.9 Å². The van der Waals surface area contributed by atoms with Gasteiger partial charge in [0.25, 0.3) is 0 Å². The number of carboxylic acids is 1. The highest BCUT2D eigenvalue weighted by Crippen LogP contribution is 1.84. The van der Waals surface area contributed by atoms with Crippen LogP contribution in [0.2, 0.25) is 0 Å². The van der Waals surface area contributed by atoms with E-state index in [0.29, 0.717) is 0 Å². The van der Waals surface area contributed by atoms with E-state index < -0.39 is 12.0 Å². The quantitative estimate of drug-likeness (QED) is 0.495. The van der Waals surface area contributed by atoms with Crippen molar-refractivity contribution in [1.29, 1.82) is 0 Å². The largest absolute Gasteiger partial charge is 0.480 e. The van der Waals surface area contributed by atoms with Crippen molar-refractivity contribution in [3.05, 3.63) is 0 Å².